The van der Waals surface area contributed by atoms with E-state index in [0.717, 1.165) is 5.56 Å². The minimum absolute atomic E-state index is 0.217. The van der Waals surface area contributed by atoms with Crippen LogP contribution in [-0.4, -0.2) is 18.3 Å². The minimum atomic E-state index is -0.217. The van der Waals surface area contributed by atoms with E-state index in [9.17, 15) is 0 Å². The Morgan fingerprint density at radius 1 is 1.31 bits per heavy atom. The monoisotopic (exact) mass is 176 g/mol. The van der Waals surface area contributed by atoms with Gasteiger partial charge in [0.05, 0.1) is 6.54 Å². The smallest absolute Gasteiger partial charge is 0.0564 e. The number of rotatable bonds is 3. The molecule has 1 aromatic carbocycles. The van der Waals surface area contributed by atoms with Gasteiger partial charge in [0.1, 0.15) is 0 Å². The van der Waals surface area contributed by atoms with E-state index in [1.165, 1.54) is 0 Å². The van der Waals surface area contributed by atoms with Gasteiger partial charge < -0.3 is 5.73 Å². The van der Waals surface area contributed by atoms with Gasteiger partial charge in [-0.15, -0.1) is 0 Å². The van der Waals surface area contributed by atoms with Crippen LogP contribution in [-0.2, 0) is 0 Å². The molecule has 0 saturated carbocycles. The molecule has 13 heavy (non-hydrogen) atoms. The van der Waals surface area contributed by atoms with Gasteiger partial charge in [-0.25, -0.2) is 0 Å². The predicted octanol–water partition coefficient (Wildman–Crippen LogP) is 1.84. The Hall–Kier alpha value is -1.15. The van der Waals surface area contributed by atoms with Crippen molar-refractivity contribution in [1.29, 1.82) is 0 Å². The fourth-order valence-corrected chi connectivity index (χ4v) is 0.925. The zero-order valence-electron chi connectivity index (χ0n) is 8.20. The predicted molar refractivity (Wildman–Crippen MR) is 57.2 cm³/mol. The lowest BCUT2D eigenvalue weighted by Crippen LogP contribution is -2.35. The summed E-state index contributed by atoms with van der Waals surface area (Å²) >= 11 is 0. The van der Waals surface area contributed by atoms with Gasteiger partial charge in [-0.2, -0.15) is 0 Å². The normalized spacial score (nSPS) is 12.2. The van der Waals surface area contributed by atoms with Crippen LogP contribution in [0.15, 0.2) is 35.3 Å². The number of aliphatic imine (C=N–C) groups is 1. The van der Waals surface area contributed by atoms with Gasteiger partial charge in [0.25, 0.3) is 0 Å². The quantitative estimate of drug-likeness (QED) is 0.701. The van der Waals surface area contributed by atoms with Crippen LogP contribution in [0, 0.1) is 0 Å². The Balaban J connectivity index is 2.51. The second kappa shape index (κ2) is 4.19. The van der Waals surface area contributed by atoms with Crippen LogP contribution in [0.3, 0.4) is 0 Å². The van der Waals surface area contributed by atoms with Crippen LogP contribution in [0.4, 0.5) is 0 Å². The lowest BCUT2D eigenvalue weighted by Gasteiger charge is -2.13. The number of hydrogen-bond donors (Lipinski definition) is 1. The summed E-state index contributed by atoms with van der Waals surface area (Å²) < 4.78 is 0. The molecule has 0 amide bonds. The number of benzene rings is 1. The maximum absolute atomic E-state index is 5.79. The highest BCUT2D eigenvalue weighted by Gasteiger charge is 2.07. The van der Waals surface area contributed by atoms with Gasteiger partial charge in [-0.05, 0) is 19.4 Å². The number of nitrogens with zero attached hydrogens (tertiary/aromatic N) is 1. The van der Waals surface area contributed by atoms with E-state index in [-0.39, 0.29) is 5.54 Å². The zero-order valence-corrected chi connectivity index (χ0v) is 8.20. The van der Waals surface area contributed by atoms with Crippen molar-refractivity contribution in [1.82, 2.24) is 0 Å². The summed E-state index contributed by atoms with van der Waals surface area (Å²) in [7, 11) is 0. The first-order valence-corrected chi connectivity index (χ1v) is 4.42. The molecule has 0 saturated heterocycles. The SMILES string of the molecule is CC(C)(N)CN=Cc1ccccc1. The molecule has 0 aliphatic carbocycles. The highest BCUT2D eigenvalue weighted by atomic mass is 14.8. The Morgan fingerprint density at radius 3 is 2.46 bits per heavy atom. The number of nitrogens with two attached hydrogens (primary N) is 1. The molecule has 0 fully saturated rings. The highest BCUT2D eigenvalue weighted by Crippen LogP contribution is 1.98. The van der Waals surface area contributed by atoms with Crippen molar-refractivity contribution >= 4 is 6.21 Å². The summed E-state index contributed by atoms with van der Waals surface area (Å²) in [6.07, 6.45) is 1.86. The van der Waals surface area contributed by atoms with Crippen molar-refractivity contribution in [2.75, 3.05) is 6.54 Å². The van der Waals surface area contributed by atoms with E-state index in [2.05, 4.69) is 4.99 Å². The molecule has 0 unspecified atom stereocenters. The lowest BCUT2D eigenvalue weighted by molar-refractivity contribution is 0.535. The Labute approximate surface area is 79.5 Å². The Morgan fingerprint density at radius 2 is 1.92 bits per heavy atom. The molecular formula is C11H16N2. The first kappa shape index (κ1) is 9.93. The van der Waals surface area contributed by atoms with Gasteiger partial charge in [0.2, 0.25) is 0 Å². The molecule has 0 atom stereocenters. The summed E-state index contributed by atoms with van der Waals surface area (Å²) in [6.45, 7) is 4.59. The topological polar surface area (TPSA) is 38.4 Å². The highest BCUT2D eigenvalue weighted by molar-refractivity contribution is 5.79. The van der Waals surface area contributed by atoms with Crippen LogP contribution in [0.25, 0.3) is 0 Å². The van der Waals surface area contributed by atoms with Crippen LogP contribution in [0.5, 0.6) is 0 Å². The lowest BCUT2D eigenvalue weighted by atomic mass is 10.1. The molecule has 1 aromatic rings. The largest absolute Gasteiger partial charge is 0.324 e. The molecule has 2 nitrogen and oxygen atoms in total. The van der Waals surface area contributed by atoms with Gasteiger partial charge in [-0.1, -0.05) is 30.3 Å². The van der Waals surface area contributed by atoms with Gasteiger partial charge in [-0.3, -0.25) is 4.99 Å². The molecular weight excluding hydrogens is 160 g/mol. The molecule has 2 heteroatoms. The van der Waals surface area contributed by atoms with E-state index in [1.54, 1.807) is 0 Å². The van der Waals surface area contributed by atoms with E-state index in [1.807, 2.05) is 50.4 Å². The average Bonchev–Trinajstić information content (AvgIpc) is 2.04. The van der Waals surface area contributed by atoms with Crippen molar-refractivity contribution in [2.24, 2.45) is 10.7 Å². The first-order valence-electron chi connectivity index (χ1n) is 4.42. The minimum Gasteiger partial charge on any atom is -0.324 e. The van der Waals surface area contributed by atoms with Crippen LogP contribution in [0.2, 0.25) is 0 Å². The van der Waals surface area contributed by atoms with E-state index < -0.39 is 0 Å². The van der Waals surface area contributed by atoms with Crippen LogP contribution in [0.1, 0.15) is 19.4 Å². The van der Waals surface area contributed by atoms with Crippen molar-refractivity contribution in [2.45, 2.75) is 19.4 Å². The molecule has 0 spiro atoms. The fraction of sp³-hybridized carbons (Fsp3) is 0.364. The zero-order chi connectivity index (χ0) is 9.73. The summed E-state index contributed by atoms with van der Waals surface area (Å²) in [5.41, 5.74) is 6.69. The standard InChI is InChI=1S/C11H16N2/c1-11(2,12)9-13-8-10-6-4-3-5-7-10/h3-8H,9,12H2,1-2H3. The molecule has 1 rings (SSSR count). The molecule has 0 aromatic heterocycles. The van der Waals surface area contributed by atoms with Crippen LogP contribution >= 0.6 is 0 Å². The summed E-state index contributed by atoms with van der Waals surface area (Å²) in [4.78, 5) is 4.26. The van der Waals surface area contributed by atoms with Crippen LogP contribution < -0.4 is 5.73 Å². The van der Waals surface area contributed by atoms with Crippen molar-refractivity contribution in [3.05, 3.63) is 35.9 Å². The molecule has 2 N–H and O–H groups in total. The molecule has 0 heterocycles. The van der Waals surface area contributed by atoms with Crippen molar-refractivity contribution in [3.8, 4) is 0 Å². The van der Waals surface area contributed by atoms with Crippen molar-refractivity contribution < 1.29 is 0 Å². The average molecular weight is 176 g/mol. The third-order valence-corrected chi connectivity index (χ3v) is 1.54. The van der Waals surface area contributed by atoms with E-state index in [4.69, 9.17) is 5.73 Å². The van der Waals surface area contributed by atoms with Gasteiger partial charge in [0.15, 0.2) is 0 Å². The summed E-state index contributed by atoms with van der Waals surface area (Å²) in [5, 5.41) is 0. The van der Waals surface area contributed by atoms with Gasteiger partial charge >= 0.3 is 0 Å². The summed E-state index contributed by atoms with van der Waals surface area (Å²) in [5.74, 6) is 0. The van der Waals surface area contributed by atoms with E-state index >= 15 is 0 Å². The summed E-state index contributed by atoms with van der Waals surface area (Å²) in [6, 6.07) is 10.0. The molecule has 0 radical (unpaired) electrons. The Kier molecular flexibility index (Phi) is 3.20. The number of hydrogen-bond acceptors (Lipinski definition) is 2. The maximum Gasteiger partial charge on any atom is 0.0564 e. The third kappa shape index (κ3) is 4.43. The third-order valence-electron chi connectivity index (χ3n) is 1.54. The molecule has 0 bridgehead atoms. The first-order chi connectivity index (χ1) is 6.08. The fourth-order valence-electron chi connectivity index (χ4n) is 0.925. The van der Waals surface area contributed by atoms with Gasteiger partial charge in [0, 0.05) is 11.8 Å². The molecule has 70 valence electrons. The maximum atomic E-state index is 5.79. The van der Waals surface area contributed by atoms with Crippen molar-refractivity contribution in [3.63, 3.8) is 0 Å². The second-order valence-corrected chi connectivity index (χ2v) is 3.87. The van der Waals surface area contributed by atoms with E-state index in [0.29, 0.717) is 6.54 Å². The molecule has 0 aliphatic rings. The second-order valence-electron chi connectivity index (χ2n) is 3.87. The Bertz CT molecular complexity index is 270. The molecule has 0 aliphatic heterocycles.